The van der Waals surface area contributed by atoms with Crippen LogP contribution in [0.25, 0.3) is 0 Å². The topological polar surface area (TPSA) is 58.5 Å². The molecule has 5 nitrogen and oxygen atoms in total. The lowest BCUT2D eigenvalue weighted by molar-refractivity contribution is 0.293. The van der Waals surface area contributed by atoms with E-state index in [4.69, 9.17) is 4.74 Å². The molecule has 2 rings (SSSR count). The van der Waals surface area contributed by atoms with Crippen molar-refractivity contribution < 1.29 is 4.74 Å². The van der Waals surface area contributed by atoms with Gasteiger partial charge < -0.3 is 15.4 Å². The number of nitrogens with zero attached hydrogens (tertiary/aromatic N) is 2. The monoisotopic (exact) mass is 340 g/mol. The summed E-state index contributed by atoms with van der Waals surface area (Å²) in [4.78, 5) is 8.55. The van der Waals surface area contributed by atoms with E-state index in [2.05, 4.69) is 41.4 Å². The van der Waals surface area contributed by atoms with Crippen LogP contribution in [0.15, 0.2) is 53.7 Å². The molecule has 0 fully saturated rings. The zero-order valence-corrected chi connectivity index (χ0v) is 15.5. The van der Waals surface area contributed by atoms with E-state index in [1.54, 1.807) is 13.2 Å². The minimum absolute atomic E-state index is 0.355. The van der Waals surface area contributed by atoms with Crippen molar-refractivity contribution in [2.24, 2.45) is 10.9 Å². The van der Waals surface area contributed by atoms with Crippen molar-refractivity contribution in [1.29, 1.82) is 0 Å². The van der Waals surface area contributed by atoms with E-state index in [9.17, 15) is 0 Å². The molecule has 0 saturated carbocycles. The second-order valence-corrected chi connectivity index (χ2v) is 6.38. The molecule has 1 heterocycles. The third-order valence-corrected chi connectivity index (χ3v) is 4.08. The largest absolute Gasteiger partial charge is 0.473 e. The van der Waals surface area contributed by atoms with Gasteiger partial charge in [0, 0.05) is 31.9 Å². The van der Waals surface area contributed by atoms with Crippen molar-refractivity contribution in [3.63, 3.8) is 0 Å². The number of ether oxygens (including phenoxy) is 1. The summed E-state index contributed by atoms with van der Waals surface area (Å²) in [7, 11) is 1.78. The maximum Gasteiger partial charge on any atom is 0.213 e. The fourth-order valence-electron chi connectivity index (χ4n) is 2.13. The lowest BCUT2D eigenvalue weighted by atomic mass is 10.1. The molecular weight excluding hydrogens is 312 g/mol. The number of aromatic nitrogens is 1. The lowest BCUT2D eigenvalue weighted by Gasteiger charge is -2.20. The Morgan fingerprint density at radius 1 is 1.12 bits per heavy atom. The third kappa shape index (κ3) is 6.45. The van der Waals surface area contributed by atoms with Crippen molar-refractivity contribution in [2.75, 3.05) is 7.05 Å². The summed E-state index contributed by atoms with van der Waals surface area (Å²) in [5.74, 6) is 1.96. The van der Waals surface area contributed by atoms with E-state index >= 15 is 0 Å². The van der Waals surface area contributed by atoms with Gasteiger partial charge in [-0.1, -0.05) is 44.2 Å². The molecule has 0 radical (unpaired) electrons. The van der Waals surface area contributed by atoms with Crippen LogP contribution in [-0.4, -0.2) is 24.0 Å². The molecule has 25 heavy (non-hydrogen) atoms. The Balaban J connectivity index is 1.88. The molecule has 1 unspecified atom stereocenters. The van der Waals surface area contributed by atoms with Crippen LogP contribution in [0, 0.1) is 5.92 Å². The molecular formula is C20H28N4O. The van der Waals surface area contributed by atoms with Crippen LogP contribution in [0.4, 0.5) is 0 Å². The SMILES string of the molecule is CN=C(NCc1ccnc(OCc2ccccc2)c1)NC(C)C(C)C. The van der Waals surface area contributed by atoms with Gasteiger partial charge in [-0.3, -0.25) is 4.99 Å². The quantitative estimate of drug-likeness (QED) is 0.599. The predicted molar refractivity (Wildman–Crippen MR) is 103 cm³/mol. The molecule has 0 saturated heterocycles. The Hall–Kier alpha value is -2.56. The first-order valence-electron chi connectivity index (χ1n) is 8.67. The van der Waals surface area contributed by atoms with Gasteiger partial charge in [-0.15, -0.1) is 0 Å². The van der Waals surface area contributed by atoms with E-state index in [1.165, 1.54) is 0 Å². The van der Waals surface area contributed by atoms with Gasteiger partial charge in [0.2, 0.25) is 5.88 Å². The Bertz CT molecular complexity index is 670. The third-order valence-electron chi connectivity index (χ3n) is 4.08. The van der Waals surface area contributed by atoms with Gasteiger partial charge in [-0.2, -0.15) is 0 Å². The molecule has 0 aliphatic rings. The molecule has 1 aromatic carbocycles. The molecule has 2 N–H and O–H groups in total. The zero-order chi connectivity index (χ0) is 18.1. The number of guanidine groups is 1. The van der Waals surface area contributed by atoms with E-state index in [1.807, 2.05) is 42.5 Å². The van der Waals surface area contributed by atoms with Crippen LogP contribution in [0.2, 0.25) is 0 Å². The highest BCUT2D eigenvalue weighted by molar-refractivity contribution is 5.79. The smallest absolute Gasteiger partial charge is 0.213 e. The molecule has 0 aliphatic carbocycles. The Morgan fingerprint density at radius 2 is 1.88 bits per heavy atom. The molecule has 2 aromatic rings. The number of rotatable bonds is 7. The molecule has 134 valence electrons. The normalized spacial score (nSPS) is 12.8. The van der Waals surface area contributed by atoms with Crippen molar-refractivity contribution >= 4 is 5.96 Å². The summed E-state index contributed by atoms with van der Waals surface area (Å²) < 4.78 is 5.78. The van der Waals surface area contributed by atoms with Gasteiger partial charge in [0.1, 0.15) is 6.61 Å². The first-order valence-corrected chi connectivity index (χ1v) is 8.67. The highest BCUT2D eigenvalue weighted by atomic mass is 16.5. The molecule has 0 spiro atoms. The fourth-order valence-corrected chi connectivity index (χ4v) is 2.13. The minimum Gasteiger partial charge on any atom is -0.473 e. The zero-order valence-electron chi connectivity index (χ0n) is 15.5. The maximum atomic E-state index is 5.78. The number of hydrogen-bond donors (Lipinski definition) is 2. The van der Waals surface area contributed by atoms with Crippen LogP contribution in [0.1, 0.15) is 31.9 Å². The van der Waals surface area contributed by atoms with Gasteiger partial charge in [0.05, 0.1) is 0 Å². The average Bonchev–Trinajstić information content (AvgIpc) is 2.64. The molecule has 0 bridgehead atoms. The van der Waals surface area contributed by atoms with E-state index in [-0.39, 0.29) is 0 Å². The van der Waals surface area contributed by atoms with Crippen LogP contribution >= 0.6 is 0 Å². The Morgan fingerprint density at radius 3 is 2.56 bits per heavy atom. The fraction of sp³-hybridized carbons (Fsp3) is 0.400. The second kappa shape index (κ2) is 9.67. The Kier molecular flexibility index (Phi) is 7.26. The summed E-state index contributed by atoms with van der Waals surface area (Å²) in [6.07, 6.45) is 1.77. The summed E-state index contributed by atoms with van der Waals surface area (Å²) in [6.45, 7) is 7.70. The van der Waals surface area contributed by atoms with Gasteiger partial charge >= 0.3 is 0 Å². The summed E-state index contributed by atoms with van der Waals surface area (Å²) >= 11 is 0. The van der Waals surface area contributed by atoms with Gasteiger partial charge in [0.25, 0.3) is 0 Å². The van der Waals surface area contributed by atoms with Crippen LogP contribution < -0.4 is 15.4 Å². The van der Waals surface area contributed by atoms with Gasteiger partial charge in [-0.25, -0.2) is 4.98 Å². The van der Waals surface area contributed by atoms with Crippen LogP contribution in [0.3, 0.4) is 0 Å². The average molecular weight is 340 g/mol. The summed E-state index contributed by atoms with van der Waals surface area (Å²) in [5.41, 5.74) is 2.22. The molecule has 0 aliphatic heterocycles. The van der Waals surface area contributed by atoms with E-state index in [0.717, 1.165) is 17.1 Å². The van der Waals surface area contributed by atoms with Crippen molar-refractivity contribution in [1.82, 2.24) is 15.6 Å². The first-order chi connectivity index (χ1) is 12.1. The molecule has 1 aromatic heterocycles. The lowest BCUT2D eigenvalue weighted by Crippen LogP contribution is -2.43. The summed E-state index contributed by atoms with van der Waals surface area (Å²) in [5, 5.41) is 6.72. The molecule has 0 amide bonds. The first kappa shape index (κ1) is 18.8. The number of aliphatic imine (C=N–C) groups is 1. The van der Waals surface area contributed by atoms with E-state index in [0.29, 0.717) is 31.0 Å². The molecule has 1 atom stereocenters. The van der Waals surface area contributed by atoms with Crippen molar-refractivity contribution in [2.45, 2.75) is 40.0 Å². The van der Waals surface area contributed by atoms with Crippen molar-refractivity contribution in [3.05, 3.63) is 59.8 Å². The number of hydrogen-bond acceptors (Lipinski definition) is 3. The minimum atomic E-state index is 0.355. The standard InChI is InChI=1S/C20H28N4O/c1-15(2)16(3)24-20(21-4)23-13-18-10-11-22-19(12-18)25-14-17-8-6-5-7-9-17/h5-12,15-16H,13-14H2,1-4H3,(H2,21,23,24). The molecule has 5 heteroatoms. The van der Waals surface area contributed by atoms with E-state index < -0.39 is 0 Å². The van der Waals surface area contributed by atoms with Crippen molar-refractivity contribution in [3.8, 4) is 5.88 Å². The Labute approximate surface area is 150 Å². The van der Waals surface area contributed by atoms with Crippen LogP contribution in [-0.2, 0) is 13.2 Å². The highest BCUT2D eigenvalue weighted by Crippen LogP contribution is 2.11. The van der Waals surface area contributed by atoms with Gasteiger partial charge in [0.15, 0.2) is 5.96 Å². The number of nitrogens with one attached hydrogen (secondary N) is 2. The number of pyridine rings is 1. The summed E-state index contributed by atoms with van der Waals surface area (Å²) in [6, 6.07) is 14.4. The second-order valence-electron chi connectivity index (χ2n) is 6.38. The van der Waals surface area contributed by atoms with Gasteiger partial charge in [-0.05, 0) is 30.0 Å². The van der Waals surface area contributed by atoms with Crippen LogP contribution in [0.5, 0.6) is 5.88 Å². The number of benzene rings is 1. The predicted octanol–water partition coefficient (Wildman–Crippen LogP) is 3.37. The maximum absolute atomic E-state index is 5.78. The highest BCUT2D eigenvalue weighted by Gasteiger charge is 2.09.